The average Bonchev–Trinajstić information content (AvgIpc) is 2.00. The van der Waals surface area contributed by atoms with Gasteiger partial charge in [0.25, 0.3) is 0 Å². The maximum atomic E-state index is 11.2. The molecule has 2 atom stereocenters. The number of alkyl halides is 1. The minimum absolute atomic E-state index is 0.245. The first-order valence-corrected chi connectivity index (χ1v) is 4.94. The maximum Gasteiger partial charge on any atom is 0.336 e. The molecular formula is C10H15ClO4. The van der Waals surface area contributed by atoms with Crippen molar-refractivity contribution < 1.29 is 19.1 Å². The van der Waals surface area contributed by atoms with Gasteiger partial charge in [0, 0.05) is 24.3 Å². The molecule has 0 aliphatic heterocycles. The van der Waals surface area contributed by atoms with E-state index in [1.54, 1.807) is 6.92 Å². The third kappa shape index (κ3) is 6.96. The van der Waals surface area contributed by atoms with Crippen molar-refractivity contribution in [2.45, 2.75) is 38.9 Å². The van der Waals surface area contributed by atoms with Gasteiger partial charge in [-0.2, -0.15) is 0 Å². The number of hydrogen-bond acceptors (Lipinski definition) is 4. The van der Waals surface area contributed by atoms with Gasteiger partial charge in [-0.3, -0.25) is 4.79 Å². The number of halogens is 1. The standard InChI is InChI=1S/C10H15ClO4/c1-6(2)10(13)15-9(5-7(3)11)14-8(4)12/h7,9H,1,5H2,2-4H3. The molecule has 0 amide bonds. The van der Waals surface area contributed by atoms with Crippen LogP contribution in [-0.4, -0.2) is 23.6 Å². The fraction of sp³-hybridized carbons (Fsp3) is 0.600. The number of esters is 2. The Balaban J connectivity index is 4.29. The molecule has 0 N–H and O–H groups in total. The molecule has 0 aromatic heterocycles. The minimum Gasteiger partial charge on any atom is -0.425 e. The summed E-state index contributed by atoms with van der Waals surface area (Å²) in [4.78, 5) is 21.9. The van der Waals surface area contributed by atoms with Gasteiger partial charge in [-0.1, -0.05) is 6.58 Å². The van der Waals surface area contributed by atoms with E-state index in [-0.39, 0.29) is 17.4 Å². The first kappa shape index (κ1) is 14.0. The number of carbonyl (C=O) groups is 2. The van der Waals surface area contributed by atoms with Crippen LogP contribution in [-0.2, 0) is 19.1 Å². The van der Waals surface area contributed by atoms with Crippen molar-refractivity contribution in [2.75, 3.05) is 0 Å². The Bertz CT molecular complexity index is 260. The van der Waals surface area contributed by atoms with E-state index in [2.05, 4.69) is 6.58 Å². The van der Waals surface area contributed by atoms with Crippen molar-refractivity contribution in [3.63, 3.8) is 0 Å². The lowest BCUT2D eigenvalue weighted by Crippen LogP contribution is -2.26. The van der Waals surface area contributed by atoms with E-state index in [4.69, 9.17) is 21.1 Å². The highest BCUT2D eigenvalue weighted by Gasteiger charge is 2.19. The summed E-state index contributed by atoms with van der Waals surface area (Å²) in [7, 11) is 0. The summed E-state index contributed by atoms with van der Waals surface area (Å²) in [5.74, 6) is -1.12. The largest absolute Gasteiger partial charge is 0.425 e. The van der Waals surface area contributed by atoms with E-state index < -0.39 is 18.2 Å². The van der Waals surface area contributed by atoms with E-state index in [0.29, 0.717) is 0 Å². The molecule has 0 radical (unpaired) electrons. The average molecular weight is 235 g/mol. The highest BCUT2D eigenvalue weighted by molar-refractivity contribution is 6.20. The van der Waals surface area contributed by atoms with Crippen LogP contribution in [0.5, 0.6) is 0 Å². The molecule has 0 aliphatic carbocycles. The minimum atomic E-state index is -0.945. The predicted octanol–water partition coefficient (Wildman–Crippen LogP) is 2.01. The Hall–Kier alpha value is -1.03. The van der Waals surface area contributed by atoms with Crippen LogP contribution in [0.3, 0.4) is 0 Å². The van der Waals surface area contributed by atoms with Crippen molar-refractivity contribution in [1.82, 2.24) is 0 Å². The van der Waals surface area contributed by atoms with Crippen molar-refractivity contribution in [1.29, 1.82) is 0 Å². The molecule has 0 bridgehead atoms. The molecule has 4 nitrogen and oxygen atoms in total. The molecule has 15 heavy (non-hydrogen) atoms. The van der Waals surface area contributed by atoms with Gasteiger partial charge < -0.3 is 9.47 Å². The summed E-state index contributed by atoms with van der Waals surface area (Å²) in [5.41, 5.74) is 0.245. The van der Waals surface area contributed by atoms with E-state index >= 15 is 0 Å². The lowest BCUT2D eigenvalue weighted by molar-refractivity contribution is -0.184. The fourth-order valence-corrected chi connectivity index (χ4v) is 0.936. The van der Waals surface area contributed by atoms with Crippen molar-refractivity contribution in [2.24, 2.45) is 0 Å². The second-order valence-electron chi connectivity index (χ2n) is 3.24. The van der Waals surface area contributed by atoms with E-state index in [1.165, 1.54) is 13.8 Å². The Morgan fingerprint density at radius 1 is 1.33 bits per heavy atom. The molecule has 0 heterocycles. The quantitative estimate of drug-likeness (QED) is 0.316. The summed E-state index contributed by atoms with van der Waals surface area (Å²) in [6.45, 7) is 7.88. The van der Waals surface area contributed by atoms with Crippen LogP contribution in [0.2, 0.25) is 0 Å². The summed E-state index contributed by atoms with van der Waals surface area (Å²) in [6.07, 6.45) is -0.695. The number of carbonyl (C=O) groups excluding carboxylic acids is 2. The molecule has 5 heteroatoms. The van der Waals surface area contributed by atoms with Crippen LogP contribution in [0.15, 0.2) is 12.2 Å². The van der Waals surface area contributed by atoms with Crippen molar-refractivity contribution >= 4 is 23.5 Å². The van der Waals surface area contributed by atoms with E-state index in [1.807, 2.05) is 0 Å². The van der Waals surface area contributed by atoms with Gasteiger partial charge in [0.15, 0.2) is 0 Å². The predicted molar refractivity (Wildman–Crippen MR) is 56.4 cm³/mol. The molecule has 0 aromatic carbocycles. The van der Waals surface area contributed by atoms with Crippen LogP contribution in [0.25, 0.3) is 0 Å². The third-order valence-electron chi connectivity index (χ3n) is 1.40. The molecule has 86 valence electrons. The third-order valence-corrected chi connectivity index (χ3v) is 1.58. The van der Waals surface area contributed by atoms with Gasteiger partial charge in [0.1, 0.15) is 0 Å². The molecule has 0 saturated carbocycles. The van der Waals surface area contributed by atoms with Gasteiger partial charge in [-0.15, -0.1) is 11.6 Å². The molecule has 0 rings (SSSR count). The fourth-order valence-electron chi connectivity index (χ4n) is 0.791. The number of hydrogen-bond donors (Lipinski definition) is 0. The van der Waals surface area contributed by atoms with Crippen LogP contribution in [0, 0.1) is 0 Å². The van der Waals surface area contributed by atoms with Crippen molar-refractivity contribution in [3.8, 4) is 0 Å². The second kappa shape index (κ2) is 6.45. The maximum absolute atomic E-state index is 11.2. The monoisotopic (exact) mass is 234 g/mol. The van der Waals surface area contributed by atoms with E-state index in [0.717, 1.165) is 0 Å². The molecule has 0 saturated heterocycles. The van der Waals surface area contributed by atoms with Gasteiger partial charge in [-0.05, 0) is 13.8 Å². The first-order valence-electron chi connectivity index (χ1n) is 4.50. The first-order chi connectivity index (χ1) is 6.82. The lowest BCUT2D eigenvalue weighted by atomic mass is 10.3. The van der Waals surface area contributed by atoms with E-state index in [9.17, 15) is 9.59 Å². The summed E-state index contributed by atoms with van der Waals surface area (Å²) < 4.78 is 9.64. The topological polar surface area (TPSA) is 52.6 Å². The van der Waals surface area contributed by atoms with Crippen LogP contribution in [0.1, 0.15) is 27.2 Å². The molecule has 0 aromatic rings. The highest BCUT2D eigenvalue weighted by Crippen LogP contribution is 2.11. The molecule has 2 unspecified atom stereocenters. The molecular weight excluding hydrogens is 220 g/mol. The SMILES string of the molecule is C=C(C)C(=O)OC(CC(C)Cl)OC(C)=O. The van der Waals surface area contributed by atoms with Crippen LogP contribution < -0.4 is 0 Å². The Kier molecular flexibility index (Phi) is 6.01. The van der Waals surface area contributed by atoms with Gasteiger partial charge in [-0.25, -0.2) is 4.79 Å². The zero-order valence-corrected chi connectivity index (χ0v) is 9.84. The molecule has 0 aliphatic rings. The second-order valence-corrected chi connectivity index (χ2v) is 3.99. The lowest BCUT2D eigenvalue weighted by Gasteiger charge is -2.18. The normalized spacial score (nSPS) is 13.9. The zero-order valence-electron chi connectivity index (χ0n) is 9.08. The Morgan fingerprint density at radius 2 is 1.87 bits per heavy atom. The van der Waals surface area contributed by atoms with Gasteiger partial charge in [0.05, 0.1) is 0 Å². The Labute approximate surface area is 94.2 Å². The number of rotatable bonds is 5. The van der Waals surface area contributed by atoms with Crippen molar-refractivity contribution in [3.05, 3.63) is 12.2 Å². The van der Waals surface area contributed by atoms with Crippen LogP contribution in [0.4, 0.5) is 0 Å². The summed E-state index contributed by atoms with van der Waals surface area (Å²) in [6, 6.07) is 0. The summed E-state index contributed by atoms with van der Waals surface area (Å²) >= 11 is 5.71. The van der Waals surface area contributed by atoms with Gasteiger partial charge >= 0.3 is 11.9 Å². The zero-order chi connectivity index (χ0) is 12.0. The summed E-state index contributed by atoms with van der Waals surface area (Å²) in [5, 5.41) is -0.257. The smallest absolute Gasteiger partial charge is 0.336 e. The van der Waals surface area contributed by atoms with Gasteiger partial charge in [0.2, 0.25) is 6.29 Å². The highest BCUT2D eigenvalue weighted by atomic mass is 35.5. The Morgan fingerprint density at radius 3 is 2.20 bits per heavy atom. The molecule has 0 fully saturated rings. The number of ether oxygens (including phenoxy) is 2. The molecule has 0 spiro atoms. The van der Waals surface area contributed by atoms with Crippen LogP contribution >= 0.6 is 11.6 Å².